The van der Waals surface area contributed by atoms with E-state index in [4.69, 9.17) is 0 Å². The third-order valence-electron chi connectivity index (χ3n) is 2.75. The number of thioether (sulfide) groups is 1. The minimum Gasteiger partial charge on any atom is -0.298 e. The van der Waals surface area contributed by atoms with Crippen LogP contribution in [0.4, 0.5) is 0 Å². The van der Waals surface area contributed by atoms with Gasteiger partial charge in [-0.25, -0.2) is 4.98 Å². The smallest absolute Gasteiger partial charge is 0.150 e. The second-order valence-electron chi connectivity index (χ2n) is 3.99. The van der Waals surface area contributed by atoms with Crippen LogP contribution in [0.15, 0.2) is 9.72 Å². The Morgan fingerprint density at radius 1 is 1.60 bits per heavy atom. The third-order valence-corrected chi connectivity index (χ3v) is 4.91. The first-order chi connectivity index (χ1) is 7.25. The van der Waals surface area contributed by atoms with Crippen molar-refractivity contribution >= 4 is 28.9 Å². The van der Waals surface area contributed by atoms with Crippen LogP contribution < -0.4 is 0 Å². The van der Waals surface area contributed by atoms with Crippen molar-refractivity contribution in [3.63, 3.8) is 0 Å². The van der Waals surface area contributed by atoms with Gasteiger partial charge in [0.25, 0.3) is 0 Å². The number of carbonyl (C=O) groups is 1. The molecule has 0 radical (unpaired) electrons. The summed E-state index contributed by atoms with van der Waals surface area (Å²) in [4.78, 5) is 16.1. The Hall–Kier alpha value is -0.350. The van der Waals surface area contributed by atoms with Crippen LogP contribution in [0.1, 0.15) is 31.4 Å². The predicted octanol–water partition coefficient (Wildman–Crippen LogP) is 3.30. The number of nitrogens with zero attached hydrogens (tertiary/aromatic N) is 1. The zero-order valence-electron chi connectivity index (χ0n) is 8.86. The molecule has 0 spiro atoms. The fourth-order valence-electron chi connectivity index (χ4n) is 1.90. The van der Waals surface area contributed by atoms with Crippen LogP contribution in [0, 0.1) is 12.8 Å². The zero-order valence-corrected chi connectivity index (χ0v) is 10.5. The number of aryl methyl sites for hydroxylation is 1. The van der Waals surface area contributed by atoms with E-state index < -0.39 is 0 Å². The molecule has 82 valence electrons. The molecule has 2 rings (SSSR count). The standard InChI is InChI=1S/C11H15NOS2/c1-8-6-14-11(12-8)15-7-10(13)9-4-2-3-5-9/h6,9H,2-5,7H2,1H3. The molecule has 0 aromatic carbocycles. The van der Waals surface area contributed by atoms with Crippen LogP contribution in [0.3, 0.4) is 0 Å². The van der Waals surface area contributed by atoms with Gasteiger partial charge in [-0.3, -0.25) is 4.79 Å². The lowest BCUT2D eigenvalue weighted by Crippen LogP contribution is -2.12. The van der Waals surface area contributed by atoms with E-state index in [0.717, 1.165) is 22.9 Å². The largest absolute Gasteiger partial charge is 0.298 e. The minimum atomic E-state index is 0.346. The number of thiazole rings is 1. The fourth-order valence-corrected chi connectivity index (χ4v) is 3.72. The topological polar surface area (TPSA) is 30.0 Å². The third kappa shape index (κ3) is 3.05. The molecular formula is C11H15NOS2. The second-order valence-corrected chi connectivity index (χ2v) is 6.07. The molecule has 0 aliphatic heterocycles. The zero-order chi connectivity index (χ0) is 10.7. The average molecular weight is 241 g/mol. The summed E-state index contributed by atoms with van der Waals surface area (Å²) in [6.07, 6.45) is 4.68. The highest BCUT2D eigenvalue weighted by Gasteiger charge is 2.22. The van der Waals surface area contributed by atoms with Crippen LogP contribution >= 0.6 is 23.1 Å². The number of hydrogen-bond donors (Lipinski definition) is 0. The predicted molar refractivity (Wildman–Crippen MR) is 64.5 cm³/mol. The van der Waals surface area contributed by atoms with Crippen molar-refractivity contribution in [2.75, 3.05) is 5.75 Å². The number of rotatable bonds is 4. The van der Waals surface area contributed by atoms with E-state index in [1.54, 1.807) is 23.1 Å². The molecule has 1 aromatic heterocycles. The van der Waals surface area contributed by atoms with E-state index in [-0.39, 0.29) is 0 Å². The van der Waals surface area contributed by atoms with E-state index in [1.807, 2.05) is 12.3 Å². The fraction of sp³-hybridized carbons (Fsp3) is 0.636. The Bertz CT molecular complexity index is 342. The van der Waals surface area contributed by atoms with Crippen molar-refractivity contribution in [3.8, 4) is 0 Å². The van der Waals surface area contributed by atoms with Crippen LogP contribution in [0.5, 0.6) is 0 Å². The maximum atomic E-state index is 11.8. The summed E-state index contributed by atoms with van der Waals surface area (Å²) >= 11 is 3.23. The molecule has 15 heavy (non-hydrogen) atoms. The number of hydrogen-bond acceptors (Lipinski definition) is 4. The summed E-state index contributed by atoms with van der Waals surface area (Å²) in [5.74, 6) is 1.38. The van der Waals surface area contributed by atoms with E-state index in [2.05, 4.69) is 4.98 Å². The highest BCUT2D eigenvalue weighted by Crippen LogP contribution is 2.29. The van der Waals surface area contributed by atoms with Gasteiger partial charge < -0.3 is 0 Å². The number of Topliss-reactive ketones (excluding diaryl/α,β-unsaturated/α-hetero) is 1. The summed E-state index contributed by atoms with van der Waals surface area (Å²) in [5, 5.41) is 2.03. The maximum absolute atomic E-state index is 11.8. The molecule has 0 atom stereocenters. The SMILES string of the molecule is Cc1csc(SCC(=O)C2CCCC2)n1. The van der Waals surface area contributed by atoms with Crippen molar-refractivity contribution in [2.45, 2.75) is 36.9 Å². The quantitative estimate of drug-likeness (QED) is 0.758. The maximum Gasteiger partial charge on any atom is 0.150 e. The normalized spacial score (nSPS) is 17.1. The van der Waals surface area contributed by atoms with Crippen LogP contribution in [-0.2, 0) is 4.79 Å². The van der Waals surface area contributed by atoms with E-state index in [9.17, 15) is 4.79 Å². The van der Waals surface area contributed by atoms with Crippen LogP contribution in [-0.4, -0.2) is 16.5 Å². The van der Waals surface area contributed by atoms with Gasteiger partial charge in [0.05, 0.1) is 5.75 Å². The average Bonchev–Trinajstić information content (AvgIpc) is 2.84. The molecule has 1 heterocycles. The van der Waals surface area contributed by atoms with E-state index in [1.165, 1.54) is 12.8 Å². The monoisotopic (exact) mass is 241 g/mol. The first-order valence-electron chi connectivity index (χ1n) is 5.33. The molecule has 0 saturated heterocycles. The Kier molecular flexibility index (Phi) is 3.81. The summed E-state index contributed by atoms with van der Waals surface area (Å²) in [7, 11) is 0. The molecule has 1 fully saturated rings. The molecule has 0 unspecified atom stereocenters. The van der Waals surface area contributed by atoms with Crippen molar-refractivity contribution in [1.82, 2.24) is 4.98 Å². The van der Waals surface area contributed by atoms with Gasteiger partial charge in [0.2, 0.25) is 0 Å². The van der Waals surface area contributed by atoms with Crippen LogP contribution in [0.2, 0.25) is 0 Å². The van der Waals surface area contributed by atoms with Crippen LogP contribution in [0.25, 0.3) is 0 Å². The molecule has 1 aromatic rings. The molecule has 1 saturated carbocycles. The lowest BCUT2D eigenvalue weighted by molar-refractivity contribution is -0.120. The van der Waals surface area contributed by atoms with Gasteiger partial charge in [0.15, 0.2) is 4.34 Å². The molecular weight excluding hydrogens is 226 g/mol. The number of aromatic nitrogens is 1. The van der Waals surface area contributed by atoms with Gasteiger partial charge in [-0.2, -0.15) is 0 Å². The molecule has 2 nitrogen and oxygen atoms in total. The lowest BCUT2D eigenvalue weighted by Gasteiger charge is -2.05. The molecule has 0 bridgehead atoms. The highest BCUT2D eigenvalue weighted by atomic mass is 32.2. The molecule has 0 amide bonds. The Morgan fingerprint density at radius 3 is 2.93 bits per heavy atom. The molecule has 4 heteroatoms. The van der Waals surface area contributed by atoms with Crippen molar-refractivity contribution < 1.29 is 4.79 Å². The van der Waals surface area contributed by atoms with Crippen molar-refractivity contribution in [1.29, 1.82) is 0 Å². The lowest BCUT2D eigenvalue weighted by atomic mass is 10.0. The van der Waals surface area contributed by atoms with Gasteiger partial charge in [0.1, 0.15) is 5.78 Å². The van der Waals surface area contributed by atoms with Gasteiger partial charge in [-0.05, 0) is 19.8 Å². The Morgan fingerprint density at radius 2 is 2.33 bits per heavy atom. The van der Waals surface area contributed by atoms with Gasteiger partial charge in [0, 0.05) is 17.0 Å². The Balaban J connectivity index is 1.80. The number of carbonyl (C=O) groups excluding carboxylic acids is 1. The molecule has 0 N–H and O–H groups in total. The van der Waals surface area contributed by atoms with Gasteiger partial charge in [-0.15, -0.1) is 11.3 Å². The molecule has 1 aliphatic carbocycles. The Labute approximate surface area is 98.5 Å². The first kappa shape index (κ1) is 11.1. The van der Waals surface area contributed by atoms with E-state index in [0.29, 0.717) is 17.5 Å². The highest BCUT2D eigenvalue weighted by molar-refractivity contribution is 8.01. The minimum absolute atomic E-state index is 0.346. The molecule has 1 aliphatic rings. The number of ketones is 1. The summed E-state index contributed by atoms with van der Waals surface area (Å²) in [6, 6.07) is 0. The summed E-state index contributed by atoms with van der Waals surface area (Å²) in [6.45, 7) is 1.99. The van der Waals surface area contributed by atoms with Crippen molar-refractivity contribution in [2.24, 2.45) is 5.92 Å². The van der Waals surface area contributed by atoms with Gasteiger partial charge >= 0.3 is 0 Å². The summed E-state index contributed by atoms with van der Waals surface area (Å²) < 4.78 is 1.03. The van der Waals surface area contributed by atoms with Gasteiger partial charge in [-0.1, -0.05) is 24.6 Å². The van der Waals surface area contributed by atoms with E-state index >= 15 is 0 Å². The first-order valence-corrected chi connectivity index (χ1v) is 7.20. The summed E-state index contributed by atoms with van der Waals surface area (Å²) in [5.41, 5.74) is 1.05. The van der Waals surface area contributed by atoms with Crippen molar-refractivity contribution in [3.05, 3.63) is 11.1 Å². The second kappa shape index (κ2) is 5.12.